The summed E-state index contributed by atoms with van der Waals surface area (Å²) in [4.78, 5) is 27.7. The third kappa shape index (κ3) is 6.62. The summed E-state index contributed by atoms with van der Waals surface area (Å²) in [6.45, 7) is 7.32. The highest BCUT2D eigenvalue weighted by Gasteiger charge is 2.40. The number of para-hydroxylation sites is 1. The lowest BCUT2D eigenvalue weighted by Crippen LogP contribution is -2.44. The van der Waals surface area contributed by atoms with E-state index < -0.39 is 6.29 Å². The summed E-state index contributed by atoms with van der Waals surface area (Å²) in [7, 11) is 0. The van der Waals surface area contributed by atoms with Gasteiger partial charge in [-0.25, -0.2) is 0 Å². The second-order valence-corrected chi connectivity index (χ2v) is 9.29. The van der Waals surface area contributed by atoms with Gasteiger partial charge in [0.15, 0.2) is 5.76 Å². The van der Waals surface area contributed by atoms with Crippen LogP contribution in [-0.2, 0) is 28.5 Å². The van der Waals surface area contributed by atoms with Crippen molar-refractivity contribution in [3.05, 3.63) is 47.9 Å². The normalized spacial score (nSPS) is 21.8. The second kappa shape index (κ2) is 13.9. The first-order valence-corrected chi connectivity index (χ1v) is 13.3. The fraction of sp³-hybridized carbons (Fsp3) is 0.571. The lowest BCUT2D eigenvalue weighted by atomic mass is 9.81. The highest BCUT2D eigenvalue weighted by Crippen LogP contribution is 2.42. The number of hydrogen-bond donors (Lipinski definition) is 1. The van der Waals surface area contributed by atoms with Crippen LogP contribution in [0.3, 0.4) is 0 Å². The third-order valence-corrected chi connectivity index (χ3v) is 6.87. The largest absolute Gasteiger partial charge is 0.459 e. The lowest BCUT2D eigenvalue weighted by molar-refractivity contribution is -0.173. The molecule has 10 nitrogen and oxygen atoms in total. The van der Waals surface area contributed by atoms with Crippen LogP contribution in [0.2, 0.25) is 0 Å². The number of allylic oxidation sites excluding steroid dienone is 1. The van der Waals surface area contributed by atoms with Gasteiger partial charge in [-0.15, -0.1) is 0 Å². The molecule has 208 valence electrons. The topological polar surface area (TPSA) is 109 Å². The zero-order valence-corrected chi connectivity index (χ0v) is 22.2. The Bertz CT molecular complexity index is 1110. The van der Waals surface area contributed by atoms with Crippen molar-refractivity contribution in [1.29, 1.82) is 0 Å². The number of carbonyl (C=O) groups is 2. The molecule has 1 fully saturated rings. The molecule has 1 amide bonds. The Morgan fingerprint density at radius 3 is 2.53 bits per heavy atom. The standard InChI is InChI=1S/C28H38N2O8/c1-3-37-28-22(8-12-34-16-17-36-15-11-31)23(18-26(38-28)27(33)29-9-13-35-14-10-29)24-19-30(20(2)32)25-7-5-4-6-21(24)25/h4-7,18-19,22-23,28,31H,3,8-17H2,1-2H3/t22-,23+,28-/m0/s1. The van der Waals surface area contributed by atoms with E-state index >= 15 is 0 Å². The molecule has 0 spiro atoms. The molecule has 2 aliphatic heterocycles. The molecule has 0 bridgehead atoms. The number of ether oxygens (including phenoxy) is 5. The van der Waals surface area contributed by atoms with E-state index in [2.05, 4.69) is 0 Å². The Balaban J connectivity index is 1.66. The van der Waals surface area contributed by atoms with Crippen LogP contribution in [-0.4, -0.2) is 98.6 Å². The number of aliphatic hydroxyl groups excluding tert-OH is 1. The van der Waals surface area contributed by atoms with E-state index in [0.29, 0.717) is 59.2 Å². The summed E-state index contributed by atoms with van der Waals surface area (Å²) in [5.41, 5.74) is 1.76. The summed E-state index contributed by atoms with van der Waals surface area (Å²) in [6, 6.07) is 7.78. The number of morpholine rings is 1. The quantitative estimate of drug-likeness (QED) is 0.417. The minimum Gasteiger partial charge on any atom is -0.459 e. The van der Waals surface area contributed by atoms with Crippen LogP contribution in [0.4, 0.5) is 0 Å². The zero-order valence-electron chi connectivity index (χ0n) is 22.2. The summed E-state index contributed by atoms with van der Waals surface area (Å²) >= 11 is 0. The van der Waals surface area contributed by atoms with Crippen molar-refractivity contribution < 1.29 is 38.4 Å². The van der Waals surface area contributed by atoms with Gasteiger partial charge in [-0.1, -0.05) is 18.2 Å². The van der Waals surface area contributed by atoms with E-state index in [4.69, 9.17) is 28.8 Å². The molecule has 0 aliphatic carbocycles. The number of carbonyl (C=O) groups excluding carboxylic acids is 2. The molecule has 0 radical (unpaired) electrons. The van der Waals surface area contributed by atoms with E-state index in [0.717, 1.165) is 16.5 Å². The molecule has 3 atom stereocenters. The monoisotopic (exact) mass is 530 g/mol. The van der Waals surface area contributed by atoms with Crippen LogP contribution in [0, 0.1) is 5.92 Å². The maximum atomic E-state index is 13.5. The molecule has 1 aromatic carbocycles. The van der Waals surface area contributed by atoms with Gasteiger partial charge in [0.25, 0.3) is 5.91 Å². The van der Waals surface area contributed by atoms with Crippen LogP contribution < -0.4 is 0 Å². The maximum Gasteiger partial charge on any atom is 0.288 e. The van der Waals surface area contributed by atoms with Crippen molar-refractivity contribution in [2.24, 2.45) is 5.92 Å². The van der Waals surface area contributed by atoms with Gasteiger partial charge >= 0.3 is 0 Å². The summed E-state index contributed by atoms with van der Waals surface area (Å²) in [5.74, 6) is -0.434. The fourth-order valence-corrected chi connectivity index (χ4v) is 5.05. The van der Waals surface area contributed by atoms with Crippen LogP contribution in [0.15, 0.2) is 42.3 Å². The van der Waals surface area contributed by atoms with Crippen molar-refractivity contribution in [1.82, 2.24) is 9.47 Å². The molecule has 4 rings (SSSR count). The van der Waals surface area contributed by atoms with E-state index in [-0.39, 0.29) is 42.6 Å². The maximum absolute atomic E-state index is 13.5. The first-order valence-electron chi connectivity index (χ1n) is 13.3. The number of aliphatic hydroxyl groups is 1. The average molecular weight is 531 g/mol. The van der Waals surface area contributed by atoms with E-state index in [1.165, 1.54) is 6.92 Å². The summed E-state index contributed by atoms with van der Waals surface area (Å²) < 4.78 is 30.4. The number of benzene rings is 1. The molecular formula is C28H38N2O8. The molecule has 10 heteroatoms. The number of amides is 1. The predicted octanol–water partition coefficient (Wildman–Crippen LogP) is 2.55. The minimum atomic E-state index is -0.663. The highest BCUT2D eigenvalue weighted by molar-refractivity contribution is 5.95. The minimum absolute atomic E-state index is 0.0250. The smallest absolute Gasteiger partial charge is 0.288 e. The Morgan fingerprint density at radius 2 is 1.82 bits per heavy atom. The SMILES string of the molecule is CCO[C@H]1OC(C(=O)N2CCOCC2)=C[C@@H](c2cn(C(C)=O)c3ccccc23)[C@@H]1CCOCCOCCO. The number of aromatic nitrogens is 1. The van der Waals surface area contributed by atoms with E-state index in [9.17, 15) is 9.59 Å². The van der Waals surface area contributed by atoms with Gasteiger partial charge in [0.05, 0.1) is 45.2 Å². The van der Waals surface area contributed by atoms with Crippen LogP contribution in [0.5, 0.6) is 0 Å². The molecule has 1 aromatic heterocycles. The summed E-state index contributed by atoms with van der Waals surface area (Å²) in [6.07, 6.45) is 3.69. The highest BCUT2D eigenvalue weighted by atomic mass is 16.7. The average Bonchev–Trinajstić information content (AvgIpc) is 3.33. The van der Waals surface area contributed by atoms with Crippen molar-refractivity contribution in [3.63, 3.8) is 0 Å². The van der Waals surface area contributed by atoms with Gasteiger partial charge in [-0.3, -0.25) is 14.2 Å². The molecule has 2 aliphatic rings. The fourth-order valence-electron chi connectivity index (χ4n) is 5.05. The van der Waals surface area contributed by atoms with Crippen molar-refractivity contribution in [2.45, 2.75) is 32.5 Å². The Hall–Kier alpha value is -2.76. The molecule has 1 N–H and O–H groups in total. The van der Waals surface area contributed by atoms with Gasteiger partial charge in [-0.2, -0.15) is 0 Å². The summed E-state index contributed by atoms with van der Waals surface area (Å²) in [5, 5.41) is 9.80. The van der Waals surface area contributed by atoms with E-state index in [1.54, 1.807) is 9.47 Å². The number of hydrogen-bond acceptors (Lipinski definition) is 8. The predicted molar refractivity (Wildman–Crippen MR) is 140 cm³/mol. The Morgan fingerprint density at radius 1 is 1.08 bits per heavy atom. The van der Waals surface area contributed by atoms with Crippen LogP contribution >= 0.6 is 0 Å². The van der Waals surface area contributed by atoms with Gasteiger partial charge in [-0.05, 0) is 31.1 Å². The molecule has 0 saturated carbocycles. The molecule has 0 unspecified atom stereocenters. The molecule has 3 heterocycles. The number of nitrogens with zero attached hydrogens (tertiary/aromatic N) is 2. The van der Waals surface area contributed by atoms with Gasteiger partial charge < -0.3 is 33.7 Å². The number of rotatable bonds is 12. The number of fused-ring (bicyclic) bond motifs is 1. The zero-order chi connectivity index (χ0) is 26.9. The van der Waals surface area contributed by atoms with Gasteiger partial charge in [0.1, 0.15) is 0 Å². The van der Waals surface area contributed by atoms with Crippen LogP contribution in [0.25, 0.3) is 10.9 Å². The Kier molecular flexibility index (Phi) is 10.3. The third-order valence-electron chi connectivity index (χ3n) is 6.87. The first kappa shape index (κ1) is 28.3. The second-order valence-electron chi connectivity index (χ2n) is 9.29. The molecule has 1 saturated heterocycles. The van der Waals surface area contributed by atoms with Crippen molar-refractivity contribution >= 4 is 22.7 Å². The molecule has 38 heavy (non-hydrogen) atoms. The van der Waals surface area contributed by atoms with Gasteiger partial charge in [0.2, 0.25) is 12.2 Å². The van der Waals surface area contributed by atoms with Crippen molar-refractivity contribution in [3.8, 4) is 0 Å². The molecular weight excluding hydrogens is 492 g/mol. The van der Waals surface area contributed by atoms with Crippen LogP contribution in [0.1, 0.15) is 36.5 Å². The lowest BCUT2D eigenvalue weighted by Gasteiger charge is -2.38. The first-order chi connectivity index (χ1) is 18.5. The van der Waals surface area contributed by atoms with E-state index in [1.807, 2.05) is 43.5 Å². The van der Waals surface area contributed by atoms with Gasteiger partial charge in [0, 0.05) is 56.6 Å². The van der Waals surface area contributed by atoms with Crippen molar-refractivity contribution in [2.75, 3.05) is 65.9 Å². The Labute approximate surface area is 223 Å². The molecule has 2 aromatic rings.